The first-order valence-electron chi connectivity index (χ1n) is 11.5. The van der Waals surface area contributed by atoms with E-state index >= 15 is 0 Å². The number of nitrogens with one attached hydrogen (secondary N) is 4. The average molecular weight is 453 g/mol. The van der Waals surface area contributed by atoms with Crippen LogP contribution in [-0.4, -0.2) is 35.0 Å². The number of pyridine rings is 1. The Balaban J connectivity index is 1.40. The van der Waals surface area contributed by atoms with Crippen molar-refractivity contribution >= 4 is 29.0 Å². The highest BCUT2D eigenvalue weighted by Crippen LogP contribution is 2.36. The van der Waals surface area contributed by atoms with E-state index in [4.69, 9.17) is 0 Å². The van der Waals surface area contributed by atoms with Gasteiger partial charge in [-0.3, -0.25) is 20.2 Å². The molecule has 2 aliphatic rings. The van der Waals surface area contributed by atoms with Gasteiger partial charge in [-0.15, -0.1) is 0 Å². The lowest BCUT2D eigenvalue weighted by atomic mass is 9.93. The number of hydrazine groups is 1. The first-order valence-corrected chi connectivity index (χ1v) is 11.5. The normalized spacial score (nSPS) is 18.8. The summed E-state index contributed by atoms with van der Waals surface area (Å²) in [6.45, 7) is 5.60. The summed E-state index contributed by atoms with van der Waals surface area (Å²) in [7, 11) is 0. The third-order valence-electron chi connectivity index (χ3n) is 6.10. The fourth-order valence-corrected chi connectivity index (χ4v) is 4.43. The topological polar surface area (TPSA) is 81.3 Å². The highest BCUT2D eigenvalue weighted by atomic mass is 16.1. The maximum Gasteiger partial charge on any atom is 0.247 e. The molecule has 0 radical (unpaired) electrons. The SMILES string of the molecule is C=CC(=O)Nc1cccc([C@H]2c3ccncc3C=CN2Nc2ccc(NC3CCNC3)cc2)c1. The molecule has 0 spiro atoms. The fourth-order valence-electron chi connectivity index (χ4n) is 4.43. The molecular weight excluding hydrogens is 424 g/mol. The molecular formula is C27H28N6O. The van der Waals surface area contributed by atoms with E-state index in [1.165, 1.54) is 6.08 Å². The summed E-state index contributed by atoms with van der Waals surface area (Å²) in [5.74, 6) is -0.234. The molecule has 4 N–H and O–H groups in total. The lowest BCUT2D eigenvalue weighted by molar-refractivity contribution is -0.111. The van der Waals surface area contributed by atoms with Crippen LogP contribution in [0, 0.1) is 0 Å². The molecule has 2 aliphatic heterocycles. The summed E-state index contributed by atoms with van der Waals surface area (Å²) < 4.78 is 0. The van der Waals surface area contributed by atoms with Gasteiger partial charge in [0.15, 0.2) is 0 Å². The van der Waals surface area contributed by atoms with E-state index in [0.29, 0.717) is 6.04 Å². The minimum Gasteiger partial charge on any atom is -0.381 e. The van der Waals surface area contributed by atoms with E-state index in [9.17, 15) is 4.79 Å². The van der Waals surface area contributed by atoms with Gasteiger partial charge in [-0.2, -0.15) is 0 Å². The Morgan fingerprint density at radius 3 is 2.76 bits per heavy atom. The molecule has 3 aromatic rings. The predicted molar refractivity (Wildman–Crippen MR) is 137 cm³/mol. The molecule has 1 unspecified atom stereocenters. The van der Waals surface area contributed by atoms with Crippen molar-refractivity contribution < 1.29 is 4.79 Å². The highest BCUT2D eigenvalue weighted by molar-refractivity contribution is 5.98. The van der Waals surface area contributed by atoms with Crippen molar-refractivity contribution in [3.8, 4) is 0 Å². The van der Waals surface area contributed by atoms with Crippen LogP contribution in [0.1, 0.15) is 29.2 Å². The maximum absolute atomic E-state index is 11.8. The molecule has 3 heterocycles. The summed E-state index contributed by atoms with van der Waals surface area (Å²) in [5.41, 5.74) is 9.61. The Kier molecular flexibility index (Phi) is 6.27. The van der Waals surface area contributed by atoms with Gasteiger partial charge >= 0.3 is 0 Å². The Morgan fingerprint density at radius 1 is 1.12 bits per heavy atom. The van der Waals surface area contributed by atoms with Crippen LogP contribution in [0.3, 0.4) is 0 Å². The van der Waals surface area contributed by atoms with Crippen LogP contribution >= 0.6 is 0 Å². The Hall–Kier alpha value is -4.10. The van der Waals surface area contributed by atoms with Crippen LogP contribution in [0.15, 0.2) is 85.8 Å². The van der Waals surface area contributed by atoms with E-state index in [-0.39, 0.29) is 11.9 Å². The molecule has 1 amide bonds. The van der Waals surface area contributed by atoms with Crippen molar-refractivity contribution in [2.45, 2.75) is 18.5 Å². The van der Waals surface area contributed by atoms with Gasteiger partial charge < -0.3 is 16.0 Å². The fraction of sp³-hybridized carbons (Fsp3) is 0.185. The highest BCUT2D eigenvalue weighted by Gasteiger charge is 2.26. The van der Waals surface area contributed by atoms with Crippen molar-refractivity contribution in [1.29, 1.82) is 0 Å². The number of rotatable bonds is 7. The number of anilines is 3. The first-order chi connectivity index (χ1) is 16.7. The van der Waals surface area contributed by atoms with Crippen LogP contribution in [0.4, 0.5) is 17.1 Å². The second-order valence-electron chi connectivity index (χ2n) is 8.47. The molecule has 0 saturated carbocycles. The van der Waals surface area contributed by atoms with Crippen LogP contribution in [0.25, 0.3) is 6.08 Å². The van der Waals surface area contributed by atoms with Crippen LogP contribution < -0.4 is 21.4 Å². The molecule has 1 saturated heterocycles. The average Bonchev–Trinajstić information content (AvgIpc) is 3.38. The second-order valence-corrected chi connectivity index (χ2v) is 8.47. The Labute approximate surface area is 199 Å². The number of nitrogens with zero attached hydrogens (tertiary/aromatic N) is 2. The molecule has 0 bridgehead atoms. The second kappa shape index (κ2) is 9.80. The van der Waals surface area contributed by atoms with E-state index in [2.05, 4.69) is 74.4 Å². The van der Waals surface area contributed by atoms with Gasteiger partial charge in [0.2, 0.25) is 5.91 Å². The molecule has 7 heteroatoms. The maximum atomic E-state index is 11.8. The van der Waals surface area contributed by atoms with Crippen molar-refractivity contribution in [2.75, 3.05) is 29.1 Å². The first kappa shape index (κ1) is 21.7. The van der Waals surface area contributed by atoms with Gasteiger partial charge in [0.25, 0.3) is 0 Å². The third kappa shape index (κ3) is 4.79. The third-order valence-corrected chi connectivity index (χ3v) is 6.10. The summed E-state index contributed by atoms with van der Waals surface area (Å²) in [5, 5.41) is 11.9. The van der Waals surface area contributed by atoms with E-state index < -0.39 is 0 Å². The number of benzene rings is 2. The van der Waals surface area contributed by atoms with Crippen molar-refractivity contribution in [2.24, 2.45) is 0 Å². The molecule has 1 fully saturated rings. The van der Waals surface area contributed by atoms with E-state index in [1.54, 1.807) is 0 Å². The van der Waals surface area contributed by atoms with Gasteiger partial charge in [0.1, 0.15) is 6.04 Å². The summed E-state index contributed by atoms with van der Waals surface area (Å²) in [4.78, 5) is 16.1. The largest absolute Gasteiger partial charge is 0.381 e. The number of amides is 1. The quantitative estimate of drug-likeness (QED) is 0.398. The zero-order valence-electron chi connectivity index (χ0n) is 18.9. The molecule has 34 heavy (non-hydrogen) atoms. The lowest BCUT2D eigenvalue weighted by Crippen LogP contribution is -2.32. The number of aromatic nitrogens is 1. The molecule has 5 rings (SSSR count). The summed E-state index contributed by atoms with van der Waals surface area (Å²) >= 11 is 0. The zero-order valence-corrected chi connectivity index (χ0v) is 18.9. The predicted octanol–water partition coefficient (Wildman–Crippen LogP) is 4.38. The number of fused-ring (bicyclic) bond motifs is 1. The Bertz CT molecular complexity index is 1200. The van der Waals surface area contributed by atoms with Gasteiger partial charge in [0.05, 0.1) is 5.69 Å². The van der Waals surface area contributed by atoms with Crippen molar-refractivity contribution in [1.82, 2.24) is 15.3 Å². The molecule has 0 aliphatic carbocycles. The minimum atomic E-state index is -0.234. The van der Waals surface area contributed by atoms with Crippen molar-refractivity contribution in [3.05, 3.63) is 103 Å². The van der Waals surface area contributed by atoms with Crippen LogP contribution in [0.5, 0.6) is 0 Å². The summed E-state index contributed by atoms with van der Waals surface area (Å²) in [6.07, 6.45) is 10.2. The van der Waals surface area contributed by atoms with E-state index in [0.717, 1.165) is 53.3 Å². The van der Waals surface area contributed by atoms with Gasteiger partial charge in [-0.25, -0.2) is 0 Å². The number of hydrogen-bond acceptors (Lipinski definition) is 6. The van der Waals surface area contributed by atoms with Crippen LogP contribution in [0.2, 0.25) is 0 Å². The number of carbonyl (C=O) groups excluding carboxylic acids is 1. The molecule has 172 valence electrons. The Morgan fingerprint density at radius 2 is 1.97 bits per heavy atom. The zero-order chi connectivity index (χ0) is 23.3. The number of hydrogen-bond donors (Lipinski definition) is 4. The standard InChI is InChI=1S/C27H28N6O/c1-2-26(34)31-23-5-3-4-19(16-23)27-25-11-14-28-17-20(25)12-15-33(27)32-22-8-6-21(7-9-22)30-24-10-13-29-18-24/h2-9,11-12,14-17,24,27,29-30,32H,1,10,13,18H2,(H,31,34)/t24?,27-/m0/s1. The monoisotopic (exact) mass is 452 g/mol. The van der Waals surface area contributed by atoms with Crippen LogP contribution in [-0.2, 0) is 4.79 Å². The lowest BCUT2D eigenvalue weighted by Gasteiger charge is -2.36. The van der Waals surface area contributed by atoms with Gasteiger partial charge in [-0.1, -0.05) is 18.7 Å². The van der Waals surface area contributed by atoms with Crippen molar-refractivity contribution in [3.63, 3.8) is 0 Å². The van der Waals surface area contributed by atoms with E-state index in [1.807, 2.05) is 42.9 Å². The van der Waals surface area contributed by atoms with Gasteiger partial charge in [-0.05, 0) is 84.3 Å². The minimum absolute atomic E-state index is 0.106. The van der Waals surface area contributed by atoms with Gasteiger partial charge in [0, 0.05) is 42.6 Å². The smallest absolute Gasteiger partial charge is 0.247 e. The molecule has 2 aromatic carbocycles. The number of carbonyl (C=O) groups is 1. The molecule has 7 nitrogen and oxygen atoms in total. The molecule has 1 aromatic heterocycles. The molecule has 2 atom stereocenters. The summed E-state index contributed by atoms with van der Waals surface area (Å²) in [6, 6.07) is 18.7.